The molecule has 1 aromatic carbocycles. The smallest absolute Gasteiger partial charge is 0.309 e. The number of nitrogens with one attached hydrogen (secondary N) is 2. The molecular weight excluding hydrogens is 402 g/mol. The van der Waals surface area contributed by atoms with Crippen LogP contribution >= 0.6 is 0 Å². The maximum atomic E-state index is 13.1. The predicted octanol–water partition coefficient (Wildman–Crippen LogP) is -0.380. The van der Waals surface area contributed by atoms with Crippen LogP contribution in [-0.4, -0.2) is 77.8 Å². The van der Waals surface area contributed by atoms with Crippen molar-refractivity contribution in [3.8, 4) is 5.75 Å². The van der Waals surface area contributed by atoms with Gasteiger partial charge in [-0.3, -0.25) is 9.59 Å². The molecule has 1 atom stereocenters. The molecule has 11 heteroatoms. The monoisotopic (exact) mass is 429 g/mol. The average Bonchev–Trinajstić information content (AvgIpc) is 2.72. The molecule has 1 heterocycles. The van der Waals surface area contributed by atoms with Crippen molar-refractivity contribution in [1.29, 1.82) is 0 Å². The molecule has 0 aromatic heterocycles. The molecule has 1 aliphatic heterocycles. The van der Waals surface area contributed by atoms with E-state index < -0.39 is 28.1 Å². The molecule has 2 N–H and O–H groups in total. The highest BCUT2D eigenvalue weighted by Gasteiger charge is 2.35. The zero-order valence-electron chi connectivity index (χ0n) is 16.8. The van der Waals surface area contributed by atoms with Crippen molar-refractivity contribution in [2.75, 3.05) is 47.1 Å². The third-order valence-corrected chi connectivity index (χ3v) is 6.25. The number of hydrogen-bond donors (Lipinski definition) is 2. The number of amides is 2. The highest BCUT2D eigenvalue weighted by Crippen LogP contribution is 2.26. The van der Waals surface area contributed by atoms with E-state index in [2.05, 4.69) is 10.6 Å². The van der Waals surface area contributed by atoms with Gasteiger partial charge in [-0.15, -0.1) is 0 Å². The van der Waals surface area contributed by atoms with E-state index in [1.807, 2.05) is 0 Å². The Bertz CT molecular complexity index is 829. The molecule has 0 saturated carbocycles. The number of rotatable bonds is 8. The third kappa shape index (κ3) is 5.89. The maximum Gasteiger partial charge on any atom is 0.309 e. The van der Waals surface area contributed by atoms with Crippen molar-refractivity contribution in [2.45, 2.75) is 24.5 Å². The number of hydrogen-bond acceptors (Lipinski definition) is 7. The maximum absolute atomic E-state index is 13.1. The lowest BCUT2D eigenvalue weighted by molar-refractivity contribution is -0.140. The first-order valence-electron chi connectivity index (χ1n) is 9.14. The molecule has 1 unspecified atom stereocenters. The van der Waals surface area contributed by atoms with Crippen LogP contribution in [0.1, 0.15) is 12.0 Å². The fourth-order valence-corrected chi connectivity index (χ4v) is 4.51. The molecule has 0 spiro atoms. The van der Waals surface area contributed by atoms with Crippen LogP contribution in [0.3, 0.4) is 0 Å². The molecule has 0 radical (unpaired) electrons. The van der Waals surface area contributed by atoms with Gasteiger partial charge in [0.05, 0.1) is 31.8 Å². The van der Waals surface area contributed by atoms with Gasteiger partial charge < -0.3 is 24.8 Å². The van der Waals surface area contributed by atoms with Crippen LogP contribution in [0.2, 0.25) is 0 Å². The zero-order chi connectivity index (χ0) is 21.4. The summed E-state index contributed by atoms with van der Waals surface area (Å²) in [5, 5.41) is 4.81. The van der Waals surface area contributed by atoms with Crippen LogP contribution in [0.25, 0.3) is 0 Å². The van der Waals surface area contributed by atoms with Gasteiger partial charge in [-0.05, 0) is 37.1 Å². The topological polar surface area (TPSA) is 123 Å². The van der Waals surface area contributed by atoms with E-state index in [-0.39, 0.29) is 31.1 Å². The second-order valence-corrected chi connectivity index (χ2v) is 8.28. The lowest BCUT2D eigenvalue weighted by Gasteiger charge is -2.34. The van der Waals surface area contributed by atoms with Crippen LogP contribution in [0.15, 0.2) is 23.1 Å². The van der Waals surface area contributed by atoms with Crippen LogP contribution in [0.5, 0.6) is 5.75 Å². The molecule has 0 aliphatic carbocycles. The van der Waals surface area contributed by atoms with Gasteiger partial charge in [0.15, 0.2) is 0 Å². The summed E-state index contributed by atoms with van der Waals surface area (Å²) in [6.07, 6.45) is -0.386. The summed E-state index contributed by atoms with van der Waals surface area (Å²) in [6.45, 7) is 2.68. The first kappa shape index (κ1) is 23.1. The number of aryl methyl sites for hydroxylation is 1. The summed E-state index contributed by atoms with van der Waals surface area (Å²) in [4.78, 5) is 23.8. The number of nitrogens with zero attached hydrogens (tertiary/aromatic N) is 1. The molecule has 29 heavy (non-hydrogen) atoms. The standard InChI is InChI=1S/C18H27N3O7S/c1-13-11-14(5-6-15(13)27-3)29(24,25)21-8-4-9-28-16(21)12-20-18(23)17(22)19-7-10-26-2/h5-6,11,16H,4,7-10,12H2,1-3H3,(H,19,22)(H,20,23). The van der Waals surface area contributed by atoms with Gasteiger partial charge in [0.1, 0.15) is 12.0 Å². The molecule has 1 aliphatic rings. The Morgan fingerprint density at radius 3 is 2.62 bits per heavy atom. The number of ether oxygens (including phenoxy) is 3. The average molecular weight is 429 g/mol. The van der Waals surface area contributed by atoms with E-state index in [9.17, 15) is 18.0 Å². The van der Waals surface area contributed by atoms with Crippen molar-refractivity contribution in [2.24, 2.45) is 0 Å². The van der Waals surface area contributed by atoms with E-state index in [0.717, 1.165) is 0 Å². The van der Waals surface area contributed by atoms with Crippen LogP contribution in [0.4, 0.5) is 0 Å². The van der Waals surface area contributed by atoms with Crippen molar-refractivity contribution in [1.82, 2.24) is 14.9 Å². The Hall–Kier alpha value is -2.21. The summed E-state index contributed by atoms with van der Waals surface area (Å²) in [7, 11) is -0.869. The number of carbonyl (C=O) groups is 2. The molecule has 10 nitrogen and oxygen atoms in total. The molecule has 2 amide bonds. The van der Waals surface area contributed by atoms with Gasteiger partial charge >= 0.3 is 11.8 Å². The van der Waals surface area contributed by atoms with Gasteiger partial charge in [-0.25, -0.2) is 8.42 Å². The molecular formula is C18H27N3O7S. The molecule has 1 fully saturated rings. The van der Waals surface area contributed by atoms with Crippen molar-refractivity contribution in [3.63, 3.8) is 0 Å². The fraction of sp³-hybridized carbons (Fsp3) is 0.556. The lowest BCUT2D eigenvalue weighted by Crippen LogP contribution is -2.53. The Morgan fingerprint density at radius 2 is 1.97 bits per heavy atom. The van der Waals surface area contributed by atoms with Crippen LogP contribution in [-0.2, 0) is 29.1 Å². The summed E-state index contributed by atoms with van der Waals surface area (Å²) in [5.74, 6) is -1.10. The van der Waals surface area contributed by atoms with Crippen molar-refractivity contribution >= 4 is 21.8 Å². The molecule has 162 valence electrons. The predicted molar refractivity (Wildman–Crippen MR) is 104 cm³/mol. The fourth-order valence-electron chi connectivity index (χ4n) is 2.86. The van der Waals surface area contributed by atoms with Gasteiger partial charge in [0.2, 0.25) is 10.0 Å². The largest absolute Gasteiger partial charge is 0.496 e. The number of sulfonamides is 1. The normalized spacial score (nSPS) is 17.6. The number of methoxy groups -OCH3 is 2. The van der Waals surface area contributed by atoms with Gasteiger partial charge in [0, 0.05) is 20.2 Å². The van der Waals surface area contributed by atoms with Crippen molar-refractivity contribution in [3.05, 3.63) is 23.8 Å². The van der Waals surface area contributed by atoms with E-state index >= 15 is 0 Å². The minimum absolute atomic E-state index is 0.106. The summed E-state index contributed by atoms with van der Waals surface area (Å²) in [6, 6.07) is 4.59. The van der Waals surface area contributed by atoms with Crippen LogP contribution in [0, 0.1) is 6.92 Å². The summed E-state index contributed by atoms with van der Waals surface area (Å²) in [5.41, 5.74) is 0.684. The number of carbonyl (C=O) groups excluding carboxylic acids is 2. The highest BCUT2D eigenvalue weighted by molar-refractivity contribution is 7.89. The Morgan fingerprint density at radius 1 is 1.24 bits per heavy atom. The lowest BCUT2D eigenvalue weighted by atomic mass is 10.2. The van der Waals surface area contributed by atoms with E-state index in [4.69, 9.17) is 14.2 Å². The highest BCUT2D eigenvalue weighted by atomic mass is 32.2. The SMILES string of the molecule is COCCNC(=O)C(=O)NCC1OCCCN1S(=O)(=O)c1ccc(OC)c(C)c1. The van der Waals surface area contributed by atoms with Crippen LogP contribution < -0.4 is 15.4 Å². The first-order valence-corrected chi connectivity index (χ1v) is 10.6. The van der Waals surface area contributed by atoms with E-state index in [1.165, 1.54) is 30.7 Å². The number of benzene rings is 1. The zero-order valence-corrected chi connectivity index (χ0v) is 17.6. The Balaban J connectivity index is 2.07. The minimum atomic E-state index is -3.86. The Labute approximate surface area is 170 Å². The molecule has 1 aromatic rings. The third-order valence-electron chi connectivity index (χ3n) is 4.36. The summed E-state index contributed by atoms with van der Waals surface area (Å²) >= 11 is 0. The van der Waals surface area contributed by atoms with Crippen molar-refractivity contribution < 1.29 is 32.2 Å². The molecule has 1 saturated heterocycles. The second kappa shape index (κ2) is 10.5. The first-order chi connectivity index (χ1) is 13.8. The van der Waals surface area contributed by atoms with E-state index in [0.29, 0.717) is 24.3 Å². The Kier molecular flexibility index (Phi) is 8.38. The molecule has 0 bridgehead atoms. The van der Waals surface area contributed by atoms with E-state index in [1.54, 1.807) is 13.0 Å². The quantitative estimate of drug-likeness (QED) is 0.426. The summed E-state index contributed by atoms with van der Waals surface area (Å²) < 4.78 is 42.9. The van der Waals surface area contributed by atoms with Gasteiger partial charge in [-0.1, -0.05) is 0 Å². The van der Waals surface area contributed by atoms with Gasteiger partial charge in [-0.2, -0.15) is 4.31 Å². The van der Waals surface area contributed by atoms with Gasteiger partial charge in [0.25, 0.3) is 0 Å². The molecule has 2 rings (SSSR count). The minimum Gasteiger partial charge on any atom is -0.496 e. The second-order valence-electron chi connectivity index (χ2n) is 6.38.